The molecular formula is C13H18BrNO2. The minimum atomic E-state index is -0.746. The first kappa shape index (κ1) is 14.2. The van der Waals surface area contributed by atoms with Crippen molar-refractivity contribution in [2.45, 2.75) is 25.8 Å². The third-order valence-electron chi connectivity index (χ3n) is 2.88. The Morgan fingerprint density at radius 2 is 1.94 bits per heavy atom. The number of hydrogen-bond donors (Lipinski definition) is 1. The summed E-state index contributed by atoms with van der Waals surface area (Å²) >= 11 is 3.39. The van der Waals surface area contributed by atoms with E-state index >= 15 is 0 Å². The molecule has 4 heteroatoms. The highest BCUT2D eigenvalue weighted by molar-refractivity contribution is 9.10. The smallest absolute Gasteiger partial charge is 0.330 e. The average Bonchev–Trinajstić information content (AvgIpc) is 2.36. The second-order valence-electron chi connectivity index (χ2n) is 3.79. The summed E-state index contributed by atoms with van der Waals surface area (Å²) in [5, 5.41) is 3.24. The summed E-state index contributed by atoms with van der Waals surface area (Å²) in [6.07, 6.45) is 0.648. The predicted octanol–water partition coefficient (Wildman–Crippen LogP) is 2.84. The fourth-order valence-electron chi connectivity index (χ4n) is 1.98. The molecule has 0 aromatic heterocycles. The molecule has 94 valence electrons. The van der Waals surface area contributed by atoms with Crippen LogP contribution in [0, 0.1) is 0 Å². The molecule has 0 spiro atoms. The van der Waals surface area contributed by atoms with E-state index in [0.717, 1.165) is 10.0 Å². The number of rotatable bonds is 5. The predicted molar refractivity (Wildman–Crippen MR) is 71.8 cm³/mol. The first-order valence-corrected chi connectivity index (χ1v) is 6.49. The van der Waals surface area contributed by atoms with Gasteiger partial charge in [0.25, 0.3) is 0 Å². The molecule has 0 aliphatic rings. The second-order valence-corrected chi connectivity index (χ2v) is 4.70. The van der Waals surface area contributed by atoms with Crippen LogP contribution in [0.4, 0.5) is 0 Å². The Bertz CT molecular complexity index is 378. The molecule has 0 amide bonds. The molecule has 0 aliphatic heterocycles. The van der Waals surface area contributed by atoms with Gasteiger partial charge in [0.1, 0.15) is 5.54 Å². The van der Waals surface area contributed by atoms with Gasteiger partial charge in [-0.15, -0.1) is 0 Å². The van der Waals surface area contributed by atoms with Crippen molar-refractivity contribution in [3.8, 4) is 0 Å². The second kappa shape index (κ2) is 6.17. The van der Waals surface area contributed by atoms with Crippen molar-refractivity contribution < 1.29 is 9.53 Å². The van der Waals surface area contributed by atoms with Crippen molar-refractivity contribution in [2.24, 2.45) is 0 Å². The molecule has 1 unspecified atom stereocenters. The minimum absolute atomic E-state index is 0.246. The number of ether oxygens (including phenoxy) is 1. The molecule has 1 rings (SSSR count). The first-order chi connectivity index (χ1) is 8.10. The van der Waals surface area contributed by atoms with E-state index in [-0.39, 0.29) is 5.97 Å². The number of likely N-dealkylation sites (N-methyl/N-ethyl adjacent to an activating group) is 1. The largest absolute Gasteiger partial charge is 0.467 e. The molecule has 0 bridgehead atoms. The topological polar surface area (TPSA) is 38.3 Å². The fourth-order valence-corrected chi connectivity index (χ4v) is 2.24. The van der Waals surface area contributed by atoms with Gasteiger partial charge in [0.05, 0.1) is 7.11 Å². The summed E-state index contributed by atoms with van der Waals surface area (Å²) < 4.78 is 5.92. The van der Waals surface area contributed by atoms with Crippen molar-refractivity contribution in [2.75, 3.05) is 13.7 Å². The summed E-state index contributed by atoms with van der Waals surface area (Å²) in [4.78, 5) is 12.0. The highest BCUT2D eigenvalue weighted by atomic mass is 79.9. The van der Waals surface area contributed by atoms with Gasteiger partial charge in [-0.1, -0.05) is 41.9 Å². The number of esters is 1. The van der Waals surface area contributed by atoms with Crippen LogP contribution in [-0.2, 0) is 15.1 Å². The molecule has 3 nitrogen and oxygen atoms in total. The van der Waals surface area contributed by atoms with Gasteiger partial charge in [-0.05, 0) is 30.7 Å². The summed E-state index contributed by atoms with van der Waals surface area (Å²) in [6.45, 7) is 4.66. The lowest BCUT2D eigenvalue weighted by atomic mass is 9.87. The summed E-state index contributed by atoms with van der Waals surface area (Å²) in [6, 6.07) is 7.74. The van der Waals surface area contributed by atoms with Gasteiger partial charge >= 0.3 is 5.97 Å². The highest BCUT2D eigenvalue weighted by Crippen LogP contribution is 2.27. The van der Waals surface area contributed by atoms with Crippen LogP contribution < -0.4 is 5.32 Å². The Kier molecular flexibility index (Phi) is 5.15. The van der Waals surface area contributed by atoms with Crippen LogP contribution in [0.25, 0.3) is 0 Å². The molecule has 0 saturated heterocycles. The molecular weight excluding hydrogens is 282 g/mol. The van der Waals surface area contributed by atoms with Crippen molar-refractivity contribution in [3.05, 3.63) is 34.3 Å². The summed E-state index contributed by atoms with van der Waals surface area (Å²) in [5.41, 5.74) is 0.182. The molecule has 1 aromatic rings. The molecule has 1 atom stereocenters. The molecule has 0 fully saturated rings. The number of methoxy groups -OCH3 is 1. The Labute approximate surface area is 111 Å². The highest BCUT2D eigenvalue weighted by Gasteiger charge is 2.38. The van der Waals surface area contributed by atoms with E-state index in [9.17, 15) is 4.79 Å². The van der Waals surface area contributed by atoms with Crippen molar-refractivity contribution in [3.63, 3.8) is 0 Å². The van der Waals surface area contributed by atoms with Gasteiger partial charge < -0.3 is 4.74 Å². The molecule has 0 aliphatic carbocycles. The van der Waals surface area contributed by atoms with Gasteiger partial charge in [-0.2, -0.15) is 0 Å². The zero-order valence-corrected chi connectivity index (χ0v) is 12.0. The maximum atomic E-state index is 12.0. The fraction of sp³-hybridized carbons (Fsp3) is 0.462. The van der Waals surface area contributed by atoms with Crippen LogP contribution in [0.15, 0.2) is 28.7 Å². The van der Waals surface area contributed by atoms with Gasteiger partial charge in [0.2, 0.25) is 0 Å². The maximum Gasteiger partial charge on any atom is 0.330 e. The Hall–Kier alpha value is -0.870. The number of hydrogen-bond acceptors (Lipinski definition) is 3. The lowest BCUT2D eigenvalue weighted by Crippen LogP contribution is -2.49. The molecule has 1 N–H and O–H groups in total. The number of benzene rings is 1. The number of carbonyl (C=O) groups excluding carboxylic acids is 1. The van der Waals surface area contributed by atoms with E-state index in [1.165, 1.54) is 7.11 Å². The lowest BCUT2D eigenvalue weighted by molar-refractivity contribution is -0.149. The van der Waals surface area contributed by atoms with Crippen molar-refractivity contribution in [1.29, 1.82) is 0 Å². The van der Waals surface area contributed by atoms with Gasteiger partial charge in [-0.25, -0.2) is 4.79 Å². The van der Waals surface area contributed by atoms with Gasteiger partial charge in [-0.3, -0.25) is 5.32 Å². The van der Waals surface area contributed by atoms with E-state index in [1.54, 1.807) is 0 Å². The van der Waals surface area contributed by atoms with E-state index < -0.39 is 5.54 Å². The van der Waals surface area contributed by atoms with Gasteiger partial charge in [0.15, 0.2) is 0 Å². The molecule has 17 heavy (non-hydrogen) atoms. The number of halogens is 1. The van der Waals surface area contributed by atoms with E-state index in [4.69, 9.17) is 4.74 Å². The zero-order valence-electron chi connectivity index (χ0n) is 10.4. The molecule has 0 saturated carbocycles. The third kappa shape index (κ3) is 2.87. The molecule has 0 radical (unpaired) electrons. The average molecular weight is 300 g/mol. The number of nitrogens with one attached hydrogen (secondary N) is 1. The SMILES string of the molecule is CCNC(CC)(C(=O)OC)c1ccc(Br)cc1. The molecule has 1 aromatic carbocycles. The minimum Gasteiger partial charge on any atom is -0.467 e. The van der Waals surface area contributed by atoms with Crippen LogP contribution in [0.5, 0.6) is 0 Å². The van der Waals surface area contributed by atoms with Crippen LogP contribution in [-0.4, -0.2) is 19.6 Å². The van der Waals surface area contributed by atoms with Crippen LogP contribution in [0.3, 0.4) is 0 Å². The quantitative estimate of drug-likeness (QED) is 0.850. The van der Waals surface area contributed by atoms with Crippen LogP contribution >= 0.6 is 15.9 Å². The summed E-state index contributed by atoms with van der Waals surface area (Å²) in [5.74, 6) is -0.246. The van der Waals surface area contributed by atoms with Crippen molar-refractivity contribution in [1.82, 2.24) is 5.32 Å². The normalized spacial score (nSPS) is 14.1. The Balaban J connectivity index is 3.20. The van der Waals surface area contributed by atoms with E-state index in [0.29, 0.717) is 13.0 Å². The number of carbonyl (C=O) groups is 1. The monoisotopic (exact) mass is 299 g/mol. The standard InChI is InChI=1S/C13H18BrNO2/c1-4-13(15-5-2,12(16)17-3)10-6-8-11(14)9-7-10/h6-9,15H,4-5H2,1-3H3. The van der Waals surface area contributed by atoms with E-state index in [2.05, 4.69) is 21.2 Å². The van der Waals surface area contributed by atoms with Crippen molar-refractivity contribution >= 4 is 21.9 Å². The zero-order chi connectivity index (χ0) is 12.9. The third-order valence-corrected chi connectivity index (χ3v) is 3.41. The Morgan fingerprint density at radius 1 is 1.35 bits per heavy atom. The Morgan fingerprint density at radius 3 is 2.35 bits per heavy atom. The summed E-state index contributed by atoms with van der Waals surface area (Å²) in [7, 11) is 1.42. The lowest BCUT2D eigenvalue weighted by Gasteiger charge is -2.31. The van der Waals surface area contributed by atoms with Gasteiger partial charge in [0, 0.05) is 4.47 Å². The van der Waals surface area contributed by atoms with Crippen LogP contribution in [0.2, 0.25) is 0 Å². The first-order valence-electron chi connectivity index (χ1n) is 5.70. The van der Waals surface area contributed by atoms with E-state index in [1.807, 2.05) is 38.1 Å². The molecule has 0 heterocycles. The maximum absolute atomic E-state index is 12.0. The van der Waals surface area contributed by atoms with Crippen LogP contribution in [0.1, 0.15) is 25.8 Å².